The smallest absolute Gasteiger partial charge is 0.253 e. The van der Waals surface area contributed by atoms with Crippen molar-refractivity contribution in [1.29, 1.82) is 0 Å². The molecule has 25 heavy (non-hydrogen) atoms. The molecule has 1 amide bonds. The summed E-state index contributed by atoms with van der Waals surface area (Å²) in [4.78, 5) is 17.3. The van der Waals surface area contributed by atoms with Crippen LogP contribution in [-0.2, 0) is 0 Å². The predicted octanol–water partition coefficient (Wildman–Crippen LogP) is 1.72. The number of anilines is 1. The third-order valence-corrected chi connectivity index (χ3v) is 6.80. The van der Waals surface area contributed by atoms with Gasteiger partial charge in [0.1, 0.15) is 0 Å². The summed E-state index contributed by atoms with van der Waals surface area (Å²) in [5.41, 5.74) is 2.28. The van der Waals surface area contributed by atoms with E-state index in [1.165, 1.54) is 0 Å². The number of benzene rings is 1. The average molecular weight is 343 g/mol. The Morgan fingerprint density at radius 3 is 2.20 bits per heavy atom. The van der Waals surface area contributed by atoms with Crippen LogP contribution in [0.5, 0.6) is 0 Å². The lowest BCUT2D eigenvalue weighted by Gasteiger charge is -2.31. The van der Waals surface area contributed by atoms with Crippen LogP contribution in [0.15, 0.2) is 24.3 Å². The number of rotatable bonds is 2. The molecular weight excluding hydrogens is 314 g/mol. The first kappa shape index (κ1) is 16.9. The predicted molar refractivity (Wildman–Crippen MR) is 98.9 cm³/mol. The van der Waals surface area contributed by atoms with E-state index in [1.54, 1.807) is 0 Å². The van der Waals surface area contributed by atoms with E-state index in [9.17, 15) is 9.90 Å². The summed E-state index contributed by atoms with van der Waals surface area (Å²) >= 11 is 0. The number of nitrogens with zero attached hydrogens (tertiary/aromatic N) is 2. The molecule has 3 aliphatic rings. The minimum absolute atomic E-state index is 0.150. The van der Waals surface area contributed by atoms with Crippen LogP contribution >= 0.6 is 0 Å². The summed E-state index contributed by atoms with van der Waals surface area (Å²) in [7, 11) is 0. The van der Waals surface area contributed by atoms with Gasteiger partial charge in [0.25, 0.3) is 5.91 Å². The van der Waals surface area contributed by atoms with E-state index < -0.39 is 0 Å². The highest BCUT2D eigenvalue weighted by atomic mass is 16.3. The van der Waals surface area contributed by atoms with Crippen molar-refractivity contribution in [3.63, 3.8) is 0 Å². The monoisotopic (exact) mass is 343 g/mol. The van der Waals surface area contributed by atoms with Crippen molar-refractivity contribution in [2.24, 2.45) is 10.8 Å². The highest BCUT2D eigenvalue weighted by Gasteiger charge is 2.55. The Balaban J connectivity index is 1.45. The molecule has 1 aromatic rings. The number of nitrogens with one attached hydrogen (secondary N) is 1. The van der Waals surface area contributed by atoms with Crippen molar-refractivity contribution in [1.82, 2.24) is 10.2 Å². The molecule has 0 spiro atoms. The Labute approximate surface area is 150 Å². The molecule has 136 valence electrons. The molecule has 3 heterocycles. The molecule has 5 heteroatoms. The first-order chi connectivity index (χ1) is 11.9. The molecule has 3 saturated heterocycles. The zero-order valence-corrected chi connectivity index (χ0v) is 15.3. The number of aliphatic hydroxyl groups excluding tert-OH is 1. The second-order valence-electron chi connectivity index (χ2n) is 8.65. The fourth-order valence-corrected chi connectivity index (χ4v) is 4.70. The van der Waals surface area contributed by atoms with Gasteiger partial charge in [-0.1, -0.05) is 13.8 Å². The van der Waals surface area contributed by atoms with E-state index in [1.807, 2.05) is 29.2 Å². The van der Waals surface area contributed by atoms with E-state index in [0.717, 1.165) is 63.4 Å². The van der Waals surface area contributed by atoms with Gasteiger partial charge in [0.2, 0.25) is 0 Å². The maximum atomic E-state index is 13.0. The zero-order chi connectivity index (χ0) is 17.7. The molecule has 1 aromatic carbocycles. The van der Waals surface area contributed by atoms with Gasteiger partial charge < -0.3 is 20.2 Å². The van der Waals surface area contributed by atoms with Gasteiger partial charge in [0, 0.05) is 61.3 Å². The summed E-state index contributed by atoms with van der Waals surface area (Å²) in [5.74, 6) is 0.150. The summed E-state index contributed by atoms with van der Waals surface area (Å²) in [5, 5.41) is 13.1. The molecular formula is C20H29N3O2. The van der Waals surface area contributed by atoms with Gasteiger partial charge in [-0.3, -0.25) is 4.79 Å². The van der Waals surface area contributed by atoms with Crippen LogP contribution in [0.3, 0.4) is 0 Å². The van der Waals surface area contributed by atoms with Crippen LogP contribution < -0.4 is 10.2 Å². The molecule has 5 nitrogen and oxygen atoms in total. The number of hydrogen-bond acceptors (Lipinski definition) is 4. The van der Waals surface area contributed by atoms with Crippen molar-refractivity contribution >= 4 is 11.6 Å². The molecule has 2 atom stereocenters. The molecule has 3 aliphatic heterocycles. The van der Waals surface area contributed by atoms with Crippen LogP contribution in [0.1, 0.15) is 37.0 Å². The highest BCUT2D eigenvalue weighted by molar-refractivity contribution is 5.95. The molecule has 2 N–H and O–H groups in total. The first-order valence-corrected chi connectivity index (χ1v) is 9.43. The number of aliphatic hydroxyl groups is 1. The molecule has 4 rings (SSSR count). The maximum absolute atomic E-state index is 13.0. The van der Waals surface area contributed by atoms with Gasteiger partial charge in [0.05, 0.1) is 6.10 Å². The van der Waals surface area contributed by atoms with Gasteiger partial charge >= 0.3 is 0 Å². The fraction of sp³-hybridized carbons (Fsp3) is 0.650. The van der Waals surface area contributed by atoms with Crippen LogP contribution in [0.25, 0.3) is 0 Å². The maximum Gasteiger partial charge on any atom is 0.253 e. The van der Waals surface area contributed by atoms with Crippen LogP contribution in [0, 0.1) is 10.8 Å². The molecule has 0 aromatic heterocycles. The van der Waals surface area contributed by atoms with Crippen molar-refractivity contribution in [3.8, 4) is 0 Å². The van der Waals surface area contributed by atoms with Crippen LogP contribution in [0.4, 0.5) is 5.69 Å². The van der Waals surface area contributed by atoms with Crippen molar-refractivity contribution < 1.29 is 9.90 Å². The number of fused-ring (bicyclic) bond motifs is 1. The Bertz CT molecular complexity index is 635. The number of amides is 1. The molecule has 0 bridgehead atoms. The number of likely N-dealkylation sites (tertiary alicyclic amines) is 1. The molecule has 3 fully saturated rings. The summed E-state index contributed by atoms with van der Waals surface area (Å²) < 4.78 is 0. The summed E-state index contributed by atoms with van der Waals surface area (Å²) in [6.45, 7) is 10.0. The van der Waals surface area contributed by atoms with E-state index in [-0.39, 0.29) is 22.8 Å². The zero-order valence-electron chi connectivity index (χ0n) is 15.3. The van der Waals surface area contributed by atoms with Crippen LogP contribution in [0.2, 0.25) is 0 Å². The third-order valence-electron chi connectivity index (χ3n) is 6.80. The standard InChI is InChI=1S/C20H29N3O2/c1-19-11-21-12-20(19,2)14-23(13-19)18(25)15-3-5-16(6-4-15)22-9-7-17(24)8-10-22/h3-6,17,21,24H,7-14H2,1-2H3/t19-,20+. The molecule has 0 unspecified atom stereocenters. The number of piperidine rings is 1. The van der Waals surface area contributed by atoms with Gasteiger partial charge in [-0.15, -0.1) is 0 Å². The molecule has 0 saturated carbocycles. The van der Waals surface area contributed by atoms with Gasteiger partial charge in [-0.25, -0.2) is 0 Å². The lowest BCUT2D eigenvalue weighted by molar-refractivity contribution is 0.0770. The normalized spacial score (nSPS) is 32.9. The Hall–Kier alpha value is -1.59. The SMILES string of the molecule is C[C@@]12CNC[C@]1(C)CN(C(=O)c1ccc(N3CCC(O)CC3)cc1)C2. The van der Waals surface area contributed by atoms with Crippen LogP contribution in [-0.4, -0.2) is 61.3 Å². The molecule has 0 aliphatic carbocycles. The second-order valence-corrected chi connectivity index (χ2v) is 8.65. The van der Waals surface area contributed by atoms with E-state index in [4.69, 9.17) is 0 Å². The van der Waals surface area contributed by atoms with E-state index >= 15 is 0 Å². The van der Waals surface area contributed by atoms with Gasteiger partial charge in [-0.2, -0.15) is 0 Å². The Kier molecular flexibility index (Phi) is 4.04. The minimum Gasteiger partial charge on any atom is -0.393 e. The third kappa shape index (κ3) is 2.83. The fourth-order valence-electron chi connectivity index (χ4n) is 4.70. The number of carbonyl (C=O) groups excluding carboxylic acids is 1. The minimum atomic E-state index is -0.163. The largest absolute Gasteiger partial charge is 0.393 e. The topological polar surface area (TPSA) is 55.8 Å². The second kappa shape index (κ2) is 5.99. The highest BCUT2D eigenvalue weighted by Crippen LogP contribution is 2.48. The van der Waals surface area contributed by atoms with Gasteiger partial charge in [-0.05, 0) is 37.1 Å². The van der Waals surface area contributed by atoms with E-state index in [0.29, 0.717) is 0 Å². The first-order valence-electron chi connectivity index (χ1n) is 9.43. The van der Waals surface area contributed by atoms with Crippen molar-refractivity contribution in [2.75, 3.05) is 44.2 Å². The lowest BCUT2D eigenvalue weighted by Crippen LogP contribution is -2.36. The van der Waals surface area contributed by atoms with Crippen molar-refractivity contribution in [2.45, 2.75) is 32.8 Å². The lowest BCUT2D eigenvalue weighted by atomic mass is 9.71. The van der Waals surface area contributed by atoms with Gasteiger partial charge in [0.15, 0.2) is 0 Å². The number of hydrogen-bond donors (Lipinski definition) is 2. The number of carbonyl (C=O) groups is 1. The van der Waals surface area contributed by atoms with Crippen molar-refractivity contribution in [3.05, 3.63) is 29.8 Å². The quantitative estimate of drug-likeness (QED) is 0.859. The average Bonchev–Trinajstić information content (AvgIpc) is 3.02. The summed E-state index contributed by atoms with van der Waals surface area (Å²) in [6, 6.07) is 8.01. The Morgan fingerprint density at radius 1 is 1.08 bits per heavy atom. The Morgan fingerprint density at radius 2 is 1.64 bits per heavy atom. The summed E-state index contributed by atoms with van der Waals surface area (Å²) in [6.07, 6.45) is 1.48. The van der Waals surface area contributed by atoms with E-state index in [2.05, 4.69) is 24.1 Å². The molecule has 0 radical (unpaired) electrons.